The summed E-state index contributed by atoms with van der Waals surface area (Å²) in [4.78, 5) is 45.8. The third kappa shape index (κ3) is 4.78. The molecule has 0 aliphatic heterocycles. The molecule has 26 heavy (non-hydrogen) atoms. The minimum Gasteiger partial charge on any atom is -0.280 e. The van der Waals surface area contributed by atoms with Gasteiger partial charge in [0, 0.05) is 21.9 Å². The summed E-state index contributed by atoms with van der Waals surface area (Å²) in [5.74, 6) is 0. The molecule has 0 aliphatic carbocycles. The Labute approximate surface area is 165 Å². The molecule has 2 aromatic rings. The van der Waals surface area contributed by atoms with Crippen LogP contribution in [0.3, 0.4) is 0 Å². The average molecular weight is 428 g/mol. The second-order valence-electron chi connectivity index (χ2n) is 4.66. The zero-order chi connectivity index (χ0) is 19.4. The fraction of sp³-hybridized carbons (Fsp3) is 0. The van der Waals surface area contributed by atoms with E-state index in [4.69, 9.17) is 0 Å². The summed E-state index contributed by atoms with van der Waals surface area (Å²) in [6, 6.07) is 7.44. The number of carbonyl (C=O) groups is 2. The number of hydrogen-bond acceptors (Lipinski definition) is 10. The van der Waals surface area contributed by atoms with Crippen LogP contribution in [0.2, 0.25) is 0 Å². The molecule has 0 heterocycles. The second-order valence-corrected chi connectivity index (χ2v) is 7.77. The standard InChI is InChI=1S/C14H8N2O6S4/c17-13(9-5-7(23)1-3-11(9)15(19)20)25-26-14(18)10-6-8(24)2-4-12(10)16(21)22/h1-6,23-24H. The molecular formula is C14H8N2O6S4. The lowest BCUT2D eigenvalue weighted by atomic mass is 10.2. The van der Waals surface area contributed by atoms with E-state index in [-0.39, 0.29) is 11.1 Å². The van der Waals surface area contributed by atoms with E-state index < -0.39 is 31.5 Å². The van der Waals surface area contributed by atoms with Gasteiger partial charge in [0.25, 0.3) is 11.4 Å². The molecule has 2 aromatic carbocycles. The Morgan fingerprint density at radius 2 is 1.12 bits per heavy atom. The number of carbonyl (C=O) groups excluding carboxylic acids is 2. The molecule has 0 amide bonds. The van der Waals surface area contributed by atoms with Crippen LogP contribution in [0.4, 0.5) is 11.4 Å². The van der Waals surface area contributed by atoms with Gasteiger partial charge in [-0.1, -0.05) is 0 Å². The van der Waals surface area contributed by atoms with Crippen LogP contribution in [0.1, 0.15) is 20.7 Å². The van der Waals surface area contributed by atoms with Gasteiger partial charge in [-0.25, -0.2) is 0 Å². The van der Waals surface area contributed by atoms with Crippen molar-refractivity contribution in [1.29, 1.82) is 0 Å². The van der Waals surface area contributed by atoms with Gasteiger partial charge >= 0.3 is 0 Å². The van der Waals surface area contributed by atoms with Crippen molar-refractivity contribution in [3.63, 3.8) is 0 Å². The maximum Gasteiger partial charge on any atom is 0.281 e. The molecule has 134 valence electrons. The number of rotatable bonds is 4. The molecule has 0 saturated carbocycles. The molecule has 0 radical (unpaired) electrons. The van der Waals surface area contributed by atoms with Crippen LogP contribution < -0.4 is 0 Å². The largest absolute Gasteiger partial charge is 0.281 e. The summed E-state index contributed by atoms with van der Waals surface area (Å²) >= 11 is 8.07. The molecule has 0 saturated heterocycles. The van der Waals surface area contributed by atoms with E-state index in [1.165, 1.54) is 24.3 Å². The summed E-state index contributed by atoms with van der Waals surface area (Å²) in [6.45, 7) is 0. The molecule has 8 nitrogen and oxygen atoms in total. The zero-order valence-electron chi connectivity index (χ0n) is 12.5. The number of nitrogens with zero attached hydrogens (tertiary/aromatic N) is 2. The number of nitro benzene ring substituents is 2. The lowest BCUT2D eigenvalue weighted by Gasteiger charge is -2.04. The topological polar surface area (TPSA) is 120 Å². The molecule has 0 spiro atoms. The van der Waals surface area contributed by atoms with Gasteiger partial charge < -0.3 is 0 Å². The molecule has 0 aromatic heterocycles. The van der Waals surface area contributed by atoms with Crippen LogP contribution in [0, 0.1) is 20.2 Å². The molecule has 0 atom stereocenters. The number of thiol groups is 2. The van der Waals surface area contributed by atoms with E-state index in [0.717, 1.165) is 12.1 Å². The number of nitro groups is 2. The maximum atomic E-state index is 12.2. The Kier molecular flexibility index (Phi) is 6.69. The molecule has 0 N–H and O–H groups in total. The van der Waals surface area contributed by atoms with Crippen molar-refractivity contribution < 1.29 is 19.4 Å². The molecular weight excluding hydrogens is 420 g/mol. The highest BCUT2D eigenvalue weighted by Gasteiger charge is 2.25. The van der Waals surface area contributed by atoms with Crippen molar-refractivity contribution >= 4 is 68.5 Å². The summed E-state index contributed by atoms with van der Waals surface area (Å²) in [7, 11) is 0.883. The van der Waals surface area contributed by atoms with E-state index >= 15 is 0 Å². The van der Waals surface area contributed by atoms with Crippen molar-refractivity contribution in [2.24, 2.45) is 0 Å². The van der Waals surface area contributed by atoms with Crippen LogP contribution in [-0.4, -0.2) is 20.1 Å². The fourth-order valence-electron chi connectivity index (χ4n) is 1.86. The minimum atomic E-state index is -0.740. The van der Waals surface area contributed by atoms with Gasteiger partial charge in [-0.15, -0.1) is 25.3 Å². The quantitative estimate of drug-likeness (QED) is 0.317. The Hall–Kier alpha value is -2.02. The Morgan fingerprint density at radius 3 is 1.42 bits per heavy atom. The first-order valence-corrected chi connectivity index (χ1v) is 9.63. The molecule has 0 bridgehead atoms. The molecule has 0 fully saturated rings. The first kappa shape index (κ1) is 20.3. The van der Waals surface area contributed by atoms with E-state index in [9.17, 15) is 29.8 Å². The third-order valence-electron chi connectivity index (χ3n) is 2.99. The number of benzene rings is 2. The predicted octanol–water partition coefficient (Wildman–Crippen LogP) is 4.44. The third-order valence-corrected chi connectivity index (χ3v) is 5.53. The van der Waals surface area contributed by atoms with E-state index in [0.29, 0.717) is 31.4 Å². The monoisotopic (exact) mass is 428 g/mol. The lowest BCUT2D eigenvalue weighted by molar-refractivity contribution is -0.385. The van der Waals surface area contributed by atoms with E-state index in [1.54, 1.807) is 0 Å². The first-order valence-electron chi connectivity index (χ1n) is 6.58. The Balaban J connectivity index is 2.22. The Morgan fingerprint density at radius 1 is 0.769 bits per heavy atom. The fourth-order valence-corrected chi connectivity index (χ4v) is 3.92. The highest BCUT2D eigenvalue weighted by molar-refractivity contribution is 8.87. The van der Waals surface area contributed by atoms with Gasteiger partial charge in [-0.2, -0.15) is 0 Å². The van der Waals surface area contributed by atoms with Crippen molar-refractivity contribution in [2.75, 3.05) is 0 Å². The zero-order valence-corrected chi connectivity index (χ0v) is 15.9. The van der Waals surface area contributed by atoms with Crippen molar-refractivity contribution in [3.05, 3.63) is 67.8 Å². The van der Waals surface area contributed by atoms with Gasteiger partial charge in [0.15, 0.2) is 0 Å². The van der Waals surface area contributed by atoms with Gasteiger partial charge in [0.1, 0.15) is 11.1 Å². The predicted molar refractivity (Wildman–Crippen MR) is 105 cm³/mol. The van der Waals surface area contributed by atoms with E-state index in [2.05, 4.69) is 25.3 Å². The van der Waals surface area contributed by atoms with E-state index in [1.807, 2.05) is 0 Å². The maximum absolute atomic E-state index is 12.2. The Bertz CT molecular complexity index is 858. The van der Waals surface area contributed by atoms with Gasteiger partial charge in [0.2, 0.25) is 10.2 Å². The molecule has 0 unspecified atom stereocenters. The van der Waals surface area contributed by atoms with Crippen LogP contribution in [0.15, 0.2) is 46.2 Å². The van der Waals surface area contributed by atoms with Crippen LogP contribution in [0.25, 0.3) is 0 Å². The van der Waals surface area contributed by atoms with Crippen molar-refractivity contribution in [3.8, 4) is 0 Å². The smallest absolute Gasteiger partial charge is 0.280 e. The summed E-state index contributed by atoms with van der Waals surface area (Å²) in [5, 5.41) is 20.6. The molecule has 12 heteroatoms. The van der Waals surface area contributed by atoms with Gasteiger partial charge in [-0.05, 0) is 45.9 Å². The van der Waals surface area contributed by atoms with Gasteiger partial charge in [-0.3, -0.25) is 29.8 Å². The summed E-state index contributed by atoms with van der Waals surface area (Å²) < 4.78 is 0. The second kappa shape index (κ2) is 8.58. The van der Waals surface area contributed by atoms with Crippen molar-refractivity contribution in [1.82, 2.24) is 0 Å². The van der Waals surface area contributed by atoms with Crippen LogP contribution >= 0.6 is 46.8 Å². The first-order chi connectivity index (χ1) is 12.2. The van der Waals surface area contributed by atoms with Gasteiger partial charge in [0.05, 0.1) is 9.85 Å². The highest BCUT2D eigenvalue weighted by Crippen LogP contribution is 2.35. The normalized spacial score (nSPS) is 10.4. The number of hydrogen-bond donors (Lipinski definition) is 2. The van der Waals surface area contributed by atoms with Crippen LogP contribution in [0.5, 0.6) is 0 Å². The molecule has 2 rings (SSSR count). The highest BCUT2D eigenvalue weighted by atomic mass is 33.1. The SMILES string of the molecule is O=C(SSC(=O)c1cc(S)ccc1[N+](=O)[O-])c1cc(S)ccc1[N+](=O)[O-]. The lowest BCUT2D eigenvalue weighted by Crippen LogP contribution is -2.02. The summed E-state index contributed by atoms with van der Waals surface area (Å²) in [5.41, 5.74) is -1.27. The van der Waals surface area contributed by atoms with Crippen LogP contribution in [-0.2, 0) is 0 Å². The minimum absolute atomic E-state index is 0.217. The summed E-state index contributed by atoms with van der Waals surface area (Å²) in [6.07, 6.45) is 0. The molecule has 0 aliphatic rings. The van der Waals surface area contributed by atoms with Crippen molar-refractivity contribution in [2.45, 2.75) is 9.79 Å². The average Bonchev–Trinajstić information content (AvgIpc) is 2.58.